The van der Waals surface area contributed by atoms with E-state index < -0.39 is 29.4 Å². The summed E-state index contributed by atoms with van der Waals surface area (Å²) in [5, 5.41) is 0. The zero-order chi connectivity index (χ0) is 21.6. The molecule has 1 fully saturated rings. The van der Waals surface area contributed by atoms with E-state index in [0.717, 1.165) is 5.56 Å². The van der Waals surface area contributed by atoms with Crippen molar-refractivity contribution in [1.82, 2.24) is 10.4 Å². The molecule has 0 unspecified atom stereocenters. The highest BCUT2D eigenvalue weighted by molar-refractivity contribution is 8.00. The largest absolute Gasteiger partial charge is 0.459 e. The molecule has 2 aromatic rings. The number of esters is 1. The first-order valence-corrected chi connectivity index (χ1v) is 10.5. The molecule has 0 aliphatic carbocycles. The molecule has 30 heavy (non-hydrogen) atoms. The number of hydrogen-bond donors (Lipinski definition) is 1. The summed E-state index contributed by atoms with van der Waals surface area (Å²) in [5.74, 6) is -0.877. The van der Waals surface area contributed by atoms with Crippen LogP contribution in [0.5, 0.6) is 0 Å². The fourth-order valence-corrected chi connectivity index (χ4v) is 4.33. The molecule has 3 rings (SSSR count). The SMILES string of the molecule is CC1(C)SC[C@H](C(=O)NOCC(=O)OCc2ccccc2)N1C(=O)c1ccccc1. The number of rotatable bonds is 7. The summed E-state index contributed by atoms with van der Waals surface area (Å²) >= 11 is 1.51. The third-order valence-corrected chi connectivity index (χ3v) is 6.02. The molecule has 1 saturated heterocycles. The fraction of sp³-hybridized carbons (Fsp3) is 0.318. The van der Waals surface area contributed by atoms with Gasteiger partial charge in [-0.2, -0.15) is 0 Å². The predicted octanol–water partition coefficient (Wildman–Crippen LogP) is 2.77. The van der Waals surface area contributed by atoms with Crippen LogP contribution in [0.2, 0.25) is 0 Å². The lowest BCUT2D eigenvalue weighted by atomic mass is 10.1. The number of hydroxylamine groups is 1. The van der Waals surface area contributed by atoms with Gasteiger partial charge in [0.15, 0.2) is 6.61 Å². The molecule has 158 valence electrons. The van der Waals surface area contributed by atoms with Gasteiger partial charge in [-0.3, -0.25) is 14.4 Å². The summed E-state index contributed by atoms with van der Waals surface area (Å²) in [4.78, 5) is 43.5. The van der Waals surface area contributed by atoms with Crippen molar-refractivity contribution in [1.29, 1.82) is 0 Å². The number of carbonyl (C=O) groups is 3. The third-order valence-electron chi connectivity index (χ3n) is 4.63. The van der Waals surface area contributed by atoms with Crippen LogP contribution in [0.25, 0.3) is 0 Å². The molecular formula is C22H24N2O5S. The van der Waals surface area contributed by atoms with Crippen molar-refractivity contribution in [2.24, 2.45) is 0 Å². The highest BCUT2D eigenvalue weighted by Gasteiger charge is 2.46. The summed E-state index contributed by atoms with van der Waals surface area (Å²) < 4.78 is 5.10. The van der Waals surface area contributed by atoms with Crippen LogP contribution in [0, 0.1) is 0 Å². The molecule has 0 aromatic heterocycles. The van der Waals surface area contributed by atoms with E-state index in [0.29, 0.717) is 11.3 Å². The second-order valence-electron chi connectivity index (χ2n) is 7.22. The normalized spacial score (nSPS) is 17.4. The van der Waals surface area contributed by atoms with E-state index in [-0.39, 0.29) is 12.5 Å². The molecule has 1 aliphatic rings. The number of nitrogens with zero attached hydrogens (tertiary/aromatic N) is 1. The van der Waals surface area contributed by atoms with Crippen molar-refractivity contribution < 1.29 is 24.0 Å². The van der Waals surface area contributed by atoms with Gasteiger partial charge in [-0.05, 0) is 31.5 Å². The first-order chi connectivity index (χ1) is 14.4. The van der Waals surface area contributed by atoms with Gasteiger partial charge >= 0.3 is 5.97 Å². The first kappa shape index (κ1) is 21.9. The van der Waals surface area contributed by atoms with Crippen molar-refractivity contribution in [3.05, 3.63) is 71.8 Å². The number of nitrogens with one attached hydrogen (secondary N) is 1. The second-order valence-corrected chi connectivity index (χ2v) is 8.84. The molecule has 2 aromatic carbocycles. The van der Waals surface area contributed by atoms with Crippen molar-refractivity contribution in [3.63, 3.8) is 0 Å². The van der Waals surface area contributed by atoms with Gasteiger partial charge in [-0.15, -0.1) is 11.8 Å². The van der Waals surface area contributed by atoms with Crippen molar-refractivity contribution in [2.45, 2.75) is 31.4 Å². The van der Waals surface area contributed by atoms with E-state index in [4.69, 9.17) is 9.57 Å². The Morgan fingerprint density at radius 3 is 2.37 bits per heavy atom. The molecule has 1 N–H and O–H groups in total. The Bertz CT molecular complexity index is 889. The Labute approximate surface area is 179 Å². The van der Waals surface area contributed by atoms with Crippen LogP contribution in [0.15, 0.2) is 60.7 Å². The summed E-state index contributed by atoms with van der Waals surface area (Å²) in [6, 6.07) is 17.4. The Balaban J connectivity index is 1.52. The number of benzene rings is 2. The minimum atomic E-state index is -0.710. The average molecular weight is 429 g/mol. The lowest BCUT2D eigenvalue weighted by Gasteiger charge is -2.34. The van der Waals surface area contributed by atoms with Crippen LogP contribution in [-0.2, 0) is 25.8 Å². The van der Waals surface area contributed by atoms with Gasteiger partial charge < -0.3 is 9.64 Å². The van der Waals surface area contributed by atoms with E-state index in [1.54, 1.807) is 29.2 Å². The maximum absolute atomic E-state index is 13.0. The number of carbonyl (C=O) groups excluding carboxylic acids is 3. The molecule has 1 heterocycles. The molecule has 0 bridgehead atoms. The monoisotopic (exact) mass is 428 g/mol. The van der Waals surface area contributed by atoms with Crippen LogP contribution in [0.1, 0.15) is 29.8 Å². The van der Waals surface area contributed by atoms with Crippen molar-refractivity contribution >= 4 is 29.5 Å². The summed E-state index contributed by atoms with van der Waals surface area (Å²) in [5.41, 5.74) is 3.65. The molecular weight excluding hydrogens is 404 g/mol. The van der Waals surface area contributed by atoms with Gasteiger partial charge in [0.1, 0.15) is 12.6 Å². The predicted molar refractivity (Wildman–Crippen MR) is 113 cm³/mol. The molecule has 0 saturated carbocycles. The quantitative estimate of drug-likeness (QED) is 0.539. The standard InChI is InChI=1S/C22H24N2O5S/c1-22(2)24(21(27)17-11-7-4-8-12-17)18(15-30-22)20(26)23-29-14-19(25)28-13-16-9-5-3-6-10-16/h3-12,18H,13-15H2,1-2H3,(H,23,26)/t18-/m1/s1. The summed E-state index contributed by atoms with van der Waals surface area (Å²) in [6.45, 7) is 3.50. The molecule has 1 aliphatic heterocycles. The summed E-state index contributed by atoms with van der Waals surface area (Å²) in [7, 11) is 0. The van der Waals surface area contributed by atoms with E-state index >= 15 is 0 Å². The van der Waals surface area contributed by atoms with Gasteiger partial charge in [0.2, 0.25) is 0 Å². The van der Waals surface area contributed by atoms with Crippen molar-refractivity contribution in [2.75, 3.05) is 12.4 Å². The van der Waals surface area contributed by atoms with Crippen LogP contribution in [0.4, 0.5) is 0 Å². The van der Waals surface area contributed by atoms with Gasteiger partial charge in [0.05, 0.1) is 4.87 Å². The van der Waals surface area contributed by atoms with Gasteiger partial charge in [0.25, 0.3) is 11.8 Å². The number of ether oxygens (including phenoxy) is 1. The minimum Gasteiger partial charge on any atom is -0.459 e. The minimum absolute atomic E-state index is 0.129. The number of thioether (sulfide) groups is 1. The van der Waals surface area contributed by atoms with Gasteiger partial charge in [-0.25, -0.2) is 10.3 Å². The Morgan fingerprint density at radius 1 is 1.07 bits per heavy atom. The molecule has 2 amide bonds. The van der Waals surface area contributed by atoms with E-state index in [1.807, 2.05) is 50.2 Å². The van der Waals surface area contributed by atoms with E-state index in [2.05, 4.69) is 5.48 Å². The third kappa shape index (κ3) is 5.40. The smallest absolute Gasteiger partial charge is 0.335 e. The maximum Gasteiger partial charge on any atom is 0.335 e. The zero-order valence-corrected chi connectivity index (χ0v) is 17.7. The summed E-state index contributed by atoms with van der Waals surface area (Å²) in [6.07, 6.45) is 0. The molecule has 8 heteroatoms. The van der Waals surface area contributed by atoms with Crippen LogP contribution in [-0.4, -0.2) is 46.0 Å². The molecule has 0 spiro atoms. The van der Waals surface area contributed by atoms with Crippen molar-refractivity contribution in [3.8, 4) is 0 Å². The lowest BCUT2D eigenvalue weighted by molar-refractivity contribution is -0.156. The van der Waals surface area contributed by atoms with E-state index in [9.17, 15) is 14.4 Å². The topological polar surface area (TPSA) is 84.9 Å². The van der Waals surface area contributed by atoms with Gasteiger partial charge in [0, 0.05) is 11.3 Å². The number of hydrogen-bond acceptors (Lipinski definition) is 6. The first-order valence-electron chi connectivity index (χ1n) is 9.52. The molecule has 7 nitrogen and oxygen atoms in total. The molecule has 1 atom stereocenters. The van der Waals surface area contributed by atoms with E-state index in [1.165, 1.54) is 11.8 Å². The van der Waals surface area contributed by atoms with Gasteiger partial charge in [-0.1, -0.05) is 48.5 Å². The highest BCUT2D eigenvalue weighted by atomic mass is 32.2. The van der Waals surface area contributed by atoms with Crippen LogP contribution in [0.3, 0.4) is 0 Å². The number of amides is 2. The van der Waals surface area contributed by atoms with Crippen LogP contribution < -0.4 is 5.48 Å². The Morgan fingerprint density at radius 2 is 1.70 bits per heavy atom. The fourth-order valence-electron chi connectivity index (χ4n) is 3.11. The lowest BCUT2D eigenvalue weighted by Crippen LogP contribution is -2.53. The molecule has 0 radical (unpaired) electrons. The Hall–Kier alpha value is -2.84. The van der Waals surface area contributed by atoms with Crippen LogP contribution >= 0.6 is 11.8 Å². The average Bonchev–Trinajstić information content (AvgIpc) is 3.08. The Kier molecular flexibility index (Phi) is 7.12. The zero-order valence-electron chi connectivity index (χ0n) is 16.9. The highest BCUT2D eigenvalue weighted by Crippen LogP contribution is 2.39. The maximum atomic E-state index is 13.0. The second kappa shape index (κ2) is 9.77.